The summed E-state index contributed by atoms with van der Waals surface area (Å²) < 4.78 is 38.3. The Hall–Kier alpha value is -1.27. The number of rotatable bonds is 2. The Balaban J connectivity index is 2.57. The van der Waals surface area contributed by atoms with Crippen LogP contribution in [-0.4, -0.2) is 16.2 Å². The molecule has 0 saturated heterocycles. The monoisotopic (exact) mass is 304 g/mol. The fourth-order valence-corrected chi connectivity index (χ4v) is 2.03. The molecule has 0 amide bonds. The van der Waals surface area contributed by atoms with Gasteiger partial charge in [0.25, 0.3) is 0 Å². The third-order valence-corrected chi connectivity index (χ3v) is 3.08. The molecule has 0 aliphatic heterocycles. The second kappa shape index (κ2) is 5.38. The maximum atomic E-state index is 12.8. The number of hydrogen-bond donors (Lipinski definition) is 0. The van der Waals surface area contributed by atoms with E-state index in [1.165, 1.54) is 0 Å². The Bertz CT molecular complexity index is 602. The van der Waals surface area contributed by atoms with Crippen molar-refractivity contribution in [3.05, 3.63) is 41.0 Å². The summed E-state index contributed by atoms with van der Waals surface area (Å²) in [5.74, 6) is 0. The van der Waals surface area contributed by atoms with E-state index in [9.17, 15) is 13.2 Å². The molecule has 0 saturated carbocycles. The maximum absolute atomic E-state index is 12.8. The van der Waals surface area contributed by atoms with Crippen molar-refractivity contribution in [2.75, 3.05) is 6.26 Å². The van der Waals surface area contributed by atoms with E-state index in [0.29, 0.717) is 10.6 Å². The number of halogens is 4. The second-order valence-corrected chi connectivity index (χ2v) is 4.84. The van der Waals surface area contributed by atoms with Crippen LogP contribution in [0.2, 0.25) is 5.02 Å². The Morgan fingerprint density at radius 2 is 1.89 bits per heavy atom. The average Bonchev–Trinajstić information content (AvgIpc) is 2.37. The van der Waals surface area contributed by atoms with Crippen LogP contribution in [0.3, 0.4) is 0 Å². The number of benzene rings is 1. The smallest absolute Gasteiger partial charge is 0.222 e. The van der Waals surface area contributed by atoms with E-state index >= 15 is 0 Å². The van der Waals surface area contributed by atoms with Crippen molar-refractivity contribution in [2.24, 2.45) is 0 Å². The van der Waals surface area contributed by atoms with Crippen LogP contribution in [0.15, 0.2) is 35.5 Å². The highest BCUT2D eigenvalue weighted by atomic mass is 35.5. The van der Waals surface area contributed by atoms with Gasteiger partial charge < -0.3 is 0 Å². The van der Waals surface area contributed by atoms with Crippen LogP contribution in [0.5, 0.6) is 0 Å². The van der Waals surface area contributed by atoms with Crippen LogP contribution in [0.1, 0.15) is 5.69 Å². The van der Waals surface area contributed by atoms with Crippen molar-refractivity contribution in [3.8, 4) is 11.3 Å². The largest absolute Gasteiger partial charge is 0.433 e. The number of alkyl halides is 3. The molecule has 0 atom stereocenters. The average molecular weight is 305 g/mol. The van der Waals surface area contributed by atoms with Crippen LogP contribution in [0.4, 0.5) is 13.2 Å². The van der Waals surface area contributed by atoms with E-state index in [1.807, 2.05) is 0 Å². The summed E-state index contributed by atoms with van der Waals surface area (Å²) in [5, 5.41) is 0.514. The van der Waals surface area contributed by atoms with E-state index in [1.54, 1.807) is 30.5 Å². The topological polar surface area (TPSA) is 25.8 Å². The Kier molecular flexibility index (Phi) is 4.01. The van der Waals surface area contributed by atoms with Crippen molar-refractivity contribution in [1.29, 1.82) is 0 Å². The van der Waals surface area contributed by atoms with Crippen LogP contribution in [-0.2, 0) is 6.18 Å². The highest BCUT2D eigenvalue weighted by Gasteiger charge is 2.33. The first-order chi connectivity index (χ1) is 8.90. The number of nitrogens with zero attached hydrogens (tertiary/aromatic N) is 2. The summed E-state index contributed by atoms with van der Waals surface area (Å²) in [6, 6.07) is 7.44. The Morgan fingerprint density at radius 3 is 2.47 bits per heavy atom. The first-order valence-corrected chi connectivity index (χ1v) is 6.76. The van der Waals surface area contributed by atoms with Gasteiger partial charge in [-0.15, -0.1) is 0 Å². The molecule has 1 aromatic carbocycles. The molecule has 7 heteroatoms. The van der Waals surface area contributed by atoms with Crippen LogP contribution in [0.25, 0.3) is 11.3 Å². The van der Waals surface area contributed by atoms with Crippen molar-refractivity contribution >= 4 is 23.4 Å². The predicted molar refractivity (Wildman–Crippen MR) is 69.3 cm³/mol. The zero-order valence-electron chi connectivity index (χ0n) is 9.70. The highest BCUT2D eigenvalue weighted by molar-refractivity contribution is 7.98. The Labute approximate surface area is 117 Å². The van der Waals surface area contributed by atoms with Crippen LogP contribution < -0.4 is 0 Å². The standard InChI is InChI=1S/C12H8ClF3N2S/c1-19-11-17-9(6-10(18-11)12(14,15)16)7-3-2-4-8(13)5-7/h2-6H,1H3. The van der Waals surface area contributed by atoms with Crippen molar-refractivity contribution < 1.29 is 13.2 Å². The fraction of sp³-hybridized carbons (Fsp3) is 0.167. The minimum atomic E-state index is -4.50. The van der Waals surface area contributed by atoms with Gasteiger partial charge in [0, 0.05) is 10.6 Å². The molecule has 0 aliphatic rings. The summed E-state index contributed by atoms with van der Waals surface area (Å²) in [7, 11) is 0. The molecule has 0 unspecified atom stereocenters. The SMILES string of the molecule is CSc1nc(-c2cccc(Cl)c2)cc(C(F)(F)F)n1. The number of aromatic nitrogens is 2. The van der Waals surface area contributed by atoms with Crippen molar-refractivity contribution in [1.82, 2.24) is 9.97 Å². The highest BCUT2D eigenvalue weighted by Crippen LogP contribution is 2.32. The predicted octanol–water partition coefficient (Wildman–Crippen LogP) is 4.54. The second-order valence-electron chi connectivity index (χ2n) is 3.63. The molecular weight excluding hydrogens is 297 g/mol. The first kappa shape index (κ1) is 14.1. The molecular formula is C12H8ClF3N2S. The van der Waals surface area contributed by atoms with Gasteiger partial charge in [-0.3, -0.25) is 0 Å². The molecule has 0 aliphatic carbocycles. The minimum Gasteiger partial charge on any atom is -0.222 e. The van der Waals surface area contributed by atoms with Gasteiger partial charge in [0.05, 0.1) is 5.69 Å². The lowest BCUT2D eigenvalue weighted by atomic mass is 10.1. The Morgan fingerprint density at radius 1 is 1.16 bits per heavy atom. The lowest BCUT2D eigenvalue weighted by Gasteiger charge is -2.09. The van der Waals surface area contributed by atoms with E-state index in [4.69, 9.17) is 11.6 Å². The van der Waals surface area contributed by atoms with Gasteiger partial charge in [-0.2, -0.15) is 13.2 Å². The zero-order valence-corrected chi connectivity index (χ0v) is 11.3. The molecule has 1 aromatic heterocycles. The quantitative estimate of drug-likeness (QED) is 0.602. The van der Waals surface area contributed by atoms with Gasteiger partial charge in [0.15, 0.2) is 5.16 Å². The summed E-state index contributed by atoms with van der Waals surface area (Å²) >= 11 is 6.88. The summed E-state index contributed by atoms with van der Waals surface area (Å²) in [5.41, 5.74) is -0.230. The molecule has 0 bridgehead atoms. The van der Waals surface area contributed by atoms with Gasteiger partial charge in [0.1, 0.15) is 5.69 Å². The number of thioether (sulfide) groups is 1. The maximum Gasteiger partial charge on any atom is 0.433 e. The van der Waals surface area contributed by atoms with Gasteiger partial charge in [-0.25, -0.2) is 9.97 Å². The fourth-order valence-electron chi connectivity index (χ4n) is 1.46. The summed E-state index contributed by atoms with van der Waals surface area (Å²) in [6.07, 6.45) is -2.88. The number of hydrogen-bond acceptors (Lipinski definition) is 3. The molecule has 1 heterocycles. The van der Waals surface area contributed by atoms with Gasteiger partial charge in [0.2, 0.25) is 0 Å². The van der Waals surface area contributed by atoms with Crippen molar-refractivity contribution in [2.45, 2.75) is 11.3 Å². The van der Waals surface area contributed by atoms with E-state index in [-0.39, 0.29) is 10.9 Å². The molecule has 19 heavy (non-hydrogen) atoms. The normalized spacial score (nSPS) is 11.6. The first-order valence-electron chi connectivity index (χ1n) is 5.16. The van der Waals surface area contributed by atoms with Crippen LogP contribution >= 0.6 is 23.4 Å². The minimum absolute atomic E-state index is 0.0739. The van der Waals surface area contributed by atoms with E-state index < -0.39 is 11.9 Å². The van der Waals surface area contributed by atoms with Gasteiger partial charge in [-0.1, -0.05) is 35.5 Å². The molecule has 0 spiro atoms. The van der Waals surface area contributed by atoms with E-state index in [0.717, 1.165) is 17.8 Å². The molecule has 100 valence electrons. The van der Waals surface area contributed by atoms with Gasteiger partial charge in [-0.05, 0) is 24.5 Å². The third-order valence-electron chi connectivity index (χ3n) is 2.30. The lowest BCUT2D eigenvalue weighted by molar-refractivity contribution is -0.141. The van der Waals surface area contributed by atoms with Crippen LogP contribution in [0, 0.1) is 0 Å². The van der Waals surface area contributed by atoms with Gasteiger partial charge >= 0.3 is 6.18 Å². The summed E-state index contributed by atoms with van der Waals surface area (Å²) in [4.78, 5) is 7.53. The lowest BCUT2D eigenvalue weighted by Crippen LogP contribution is -2.09. The molecule has 0 N–H and O–H groups in total. The molecule has 0 radical (unpaired) electrons. The molecule has 2 aromatic rings. The van der Waals surface area contributed by atoms with Crippen molar-refractivity contribution in [3.63, 3.8) is 0 Å². The molecule has 0 fully saturated rings. The zero-order chi connectivity index (χ0) is 14.0. The third kappa shape index (κ3) is 3.39. The summed E-state index contributed by atoms with van der Waals surface area (Å²) in [6.45, 7) is 0. The van der Waals surface area contributed by atoms with E-state index in [2.05, 4.69) is 9.97 Å². The molecule has 2 nitrogen and oxygen atoms in total. The molecule has 2 rings (SSSR count).